The highest BCUT2D eigenvalue weighted by Crippen LogP contribution is 2.42. The Kier molecular flexibility index (Phi) is 5.16. The maximum atomic E-state index is 12.8. The fourth-order valence-electron chi connectivity index (χ4n) is 4.90. The van der Waals surface area contributed by atoms with Gasteiger partial charge in [0.25, 0.3) is 0 Å². The molecule has 6 nitrogen and oxygen atoms in total. The van der Waals surface area contributed by atoms with Crippen molar-refractivity contribution in [3.05, 3.63) is 11.6 Å². The van der Waals surface area contributed by atoms with Crippen LogP contribution in [-0.4, -0.2) is 26.7 Å². The SMILES string of the molecule is Cc1nc2n(n1)CCCC2NC(=O)C1CC2CCCC(C1)C2N.Cl. The van der Waals surface area contributed by atoms with E-state index in [0.717, 1.165) is 43.9 Å². The second-order valence-electron chi connectivity index (χ2n) is 7.64. The smallest absolute Gasteiger partial charge is 0.223 e. The van der Waals surface area contributed by atoms with Crippen molar-refractivity contribution >= 4 is 18.3 Å². The number of nitrogens with zero attached hydrogens (tertiary/aromatic N) is 3. The first kappa shape index (κ1) is 17.7. The van der Waals surface area contributed by atoms with Crippen LogP contribution < -0.4 is 11.1 Å². The molecule has 7 heteroatoms. The third-order valence-corrected chi connectivity index (χ3v) is 6.08. The van der Waals surface area contributed by atoms with Gasteiger partial charge in [0, 0.05) is 18.5 Å². The van der Waals surface area contributed by atoms with Gasteiger partial charge in [-0.15, -0.1) is 12.4 Å². The third-order valence-electron chi connectivity index (χ3n) is 6.08. The van der Waals surface area contributed by atoms with E-state index in [9.17, 15) is 4.79 Å². The number of carbonyl (C=O) groups excluding carboxylic acids is 1. The molecular weight excluding hydrogens is 326 g/mol. The minimum absolute atomic E-state index is 0. The number of halogens is 1. The van der Waals surface area contributed by atoms with E-state index < -0.39 is 0 Å². The lowest BCUT2D eigenvalue weighted by Gasteiger charge is -2.43. The Labute approximate surface area is 149 Å². The summed E-state index contributed by atoms with van der Waals surface area (Å²) in [4.78, 5) is 17.3. The highest BCUT2D eigenvalue weighted by molar-refractivity contribution is 5.85. The van der Waals surface area contributed by atoms with Crippen molar-refractivity contribution in [2.45, 2.75) is 70.5 Å². The molecule has 1 aromatic heterocycles. The van der Waals surface area contributed by atoms with Gasteiger partial charge in [-0.2, -0.15) is 5.10 Å². The highest BCUT2D eigenvalue weighted by atomic mass is 35.5. The molecule has 0 saturated heterocycles. The van der Waals surface area contributed by atoms with Gasteiger partial charge in [0.05, 0.1) is 6.04 Å². The Morgan fingerprint density at radius 3 is 2.62 bits per heavy atom. The number of amides is 1. The van der Waals surface area contributed by atoms with Crippen LogP contribution in [0.25, 0.3) is 0 Å². The van der Waals surface area contributed by atoms with E-state index in [1.807, 2.05) is 11.6 Å². The van der Waals surface area contributed by atoms with Crippen molar-refractivity contribution in [3.63, 3.8) is 0 Å². The van der Waals surface area contributed by atoms with Crippen LogP contribution in [0.2, 0.25) is 0 Å². The number of hydrogen-bond acceptors (Lipinski definition) is 4. The maximum Gasteiger partial charge on any atom is 0.223 e. The molecular formula is C17H28ClN5O. The highest BCUT2D eigenvalue weighted by Gasteiger charge is 2.41. The lowest BCUT2D eigenvalue weighted by atomic mass is 9.65. The number of nitrogens with one attached hydrogen (secondary N) is 1. The van der Waals surface area contributed by atoms with Gasteiger partial charge in [0.1, 0.15) is 11.6 Å². The number of aryl methyl sites for hydroxylation is 2. The minimum atomic E-state index is 0. The lowest BCUT2D eigenvalue weighted by Crippen LogP contribution is -2.49. The molecule has 2 aliphatic carbocycles. The molecule has 1 aliphatic heterocycles. The molecule has 3 aliphatic rings. The molecule has 0 aromatic carbocycles. The Morgan fingerprint density at radius 2 is 1.92 bits per heavy atom. The van der Waals surface area contributed by atoms with Crippen molar-refractivity contribution < 1.29 is 4.79 Å². The van der Waals surface area contributed by atoms with Crippen molar-refractivity contribution in [1.29, 1.82) is 0 Å². The lowest BCUT2D eigenvalue weighted by molar-refractivity contribution is -0.128. The van der Waals surface area contributed by atoms with Crippen LogP contribution in [0.4, 0.5) is 0 Å². The van der Waals surface area contributed by atoms with E-state index in [-0.39, 0.29) is 30.3 Å². The number of aromatic nitrogens is 3. The molecule has 3 N–H and O–H groups in total. The quantitative estimate of drug-likeness (QED) is 0.852. The molecule has 1 aromatic rings. The first-order chi connectivity index (χ1) is 11.1. The predicted octanol–water partition coefficient (Wildman–Crippen LogP) is 2.11. The second-order valence-corrected chi connectivity index (χ2v) is 7.64. The summed E-state index contributed by atoms with van der Waals surface area (Å²) in [5, 5.41) is 7.67. The van der Waals surface area contributed by atoms with E-state index in [1.54, 1.807) is 0 Å². The van der Waals surface area contributed by atoms with Gasteiger partial charge in [-0.3, -0.25) is 4.79 Å². The molecule has 134 valence electrons. The van der Waals surface area contributed by atoms with Crippen molar-refractivity contribution in [1.82, 2.24) is 20.1 Å². The van der Waals surface area contributed by atoms with Crippen molar-refractivity contribution in [3.8, 4) is 0 Å². The molecule has 0 spiro atoms. The van der Waals surface area contributed by atoms with Gasteiger partial charge < -0.3 is 11.1 Å². The summed E-state index contributed by atoms with van der Waals surface area (Å²) in [6, 6.07) is 0.334. The van der Waals surface area contributed by atoms with Crippen molar-refractivity contribution in [2.24, 2.45) is 23.5 Å². The molecule has 0 radical (unpaired) electrons. The summed E-state index contributed by atoms with van der Waals surface area (Å²) >= 11 is 0. The largest absolute Gasteiger partial charge is 0.346 e. The van der Waals surface area contributed by atoms with Gasteiger partial charge in [-0.25, -0.2) is 9.67 Å². The number of hydrogen-bond donors (Lipinski definition) is 2. The molecule has 2 fully saturated rings. The zero-order valence-electron chi connectivity index (χ0n) is 14.3. The Morgan fingerprint density at radius 1 is 1.21 bits per heavy atom. The van der Waals surface area contributed by atoms with Crippen molar-refractivity contribution in [2.75, 3.05) is 0 Å². The standard InChI is InChI=1S/C17H27N5O.ClH/c1-10-19-16-14(6-3-7-22(16)21-10)20-17(23)13-8-11-4-2-5-12(9-13)15(11)18;/h11-15H,2-9,18H2,1H3,(H,20,23);1H. The van der Waals surface area contributed by atoms with Crippen LogP contribution in [-0.2, 0) is 11.3 Å². The van der Waals surface area contributed by atoms with Crippen LogP contribution in [0.15, 0.2) is 0 Å². The summed E-state index contributed by atoms with van der Waals surface area (Å²) in [5.74, 6) is 3.12. The van der Waals surface area contributed by atoms with E-state index in [4.69, 9.17) is 5.73 Å². The van der Waals surface area contributed by atoms with Crippen LogP contribution >= 0.6 is 12.4 Å². The molecule has 1 amide bonds. The summed E-state index contributed by atoms with van der Waals surface area (Å²) in [6.45, 7) is 2.82. The Hall–Kier alpha value is -1.14. The average Bonchev–Trinajstić information content (AvgIpc) is 2.88. The number of fused-ring (bicyclic) bond motifs is 3. The van der Waals surface area contributed by atoms with E-state index in [1.165, 1.54) is 19.3 Å². The molecule has 3 atom stereocenters. The topological polar surface area (TPSA) is 85.8 Å². The molecule has 2 bridgehead atoms. The van der Waals surface area contributed by atoms with E-state index in [2.05, 4.69) is 15.4 Å². The summed E-state index contributed by atoms with van der Waals surface area (Å²) in [6.07, 6.45) is 7.59. The third kappa shape index (κ3) is 3.18. The summed E-state index contributed by atoms with van der Waals surface area (Å²) in [7, 11) is 0. The Bertz CT molecular complexity index is 590. The molecule has 4 rings (SSSR count). The van der Waals surface area contributed by atoms with Gasteiger partial charge in [0.2, 0.25) is 5.91 Å². The van der Waals surface area contributed by atoms with E-state index in [0.29, 0.717) is 17.9 Å². The van der Waals surface area contributed by atoms with Gasteiger partial charge in [-0.05, 0) is 57.3 Å². The Balaban J connectivity index is 0.00000169. The van der Waals surface area contributed by atoms with Crippen LogP contribution in [0, 0.1) is 24.7 Å². The predicted molar refractivity (Wildman–Crippen MR) is 93.7 cm³/mol. The number of rotatable bonds is 2. The van der Waals surface area contributed by atoms with Gasteiger partial charge in [-0.1, -0.05) is 6.42 Å². The van der Waals surface area contributed by atoms with E-state index >= 15 is 0 Å². The monoisotopic (exact) mass is 353 g/mol. The summed E-state index contributed by atoms with van der Waals surface area (Å²) in [5.41, 5.74) is 6.34. The normalized spacial score (nSPS) is 34.8. The zero-order valence-corrected chi connectivity index (χ0v) is 15.1. The fraction of sp³-hybridized carbons (Fsp3) is 0.824. The second kappa shape index (κ2) is 7.00. The van der Waals surface area contributed by atoms with Crippen LogP contribution in [0.3, 0.4) is 0 Å². The van der Waals surface area contributed by atoms with Crippen LogP contribution in [0.5, 0.6) is 0 Å². The van der Waals surface area contributed by atoms with Crippen LogP contribution in [0.1, 0.15) is 62.6 Å². The first-order valence-corrected chi connectivity index (χ1v) is 9.09. The minimum Gasteiger partial charge on any atom is -0.346 e. The number of carbonyl (C=O) groups is 1. The average molecular weight is 354 g/mol. The summed E-state index contributed by atoms with van der Waals surface area (Å²) < 4.78 is 1.95. The molecule has 2 saturated carbocycles. The van der Waals surface area contributed by atoms with Gasteiger partial charge >= 0.3 is 0 Å². The maximum absolute atomic E-state index is 12.8. The fourth-order valence-corrected chi connectivity index (χ4v) is 4.90. The van der Waals surface area contributed by atoms with Gasteiger partial charge in [0.15, 0.2) is 0 Å². The molecule has 2 heterocycles. The number of nitrogens with two attached hydrogens (primary N) is 1. The molecule has 24 heavy (non-hydrogen) atoms. The zero-order chi connectivity index (χ0) is 16.0. The first-order valence-electron chi connectivity index (χ1n) is 9.09. The molecule has 3 unspecified atom stereocenters.